The second-order valence-corrected chi connectivity index (χ2v) is 6.25. The van der Waals surface area contributed by atoms with E-state index >= 15 is 0 Å². The smallest absolute Gasteiger partial charge is 0.225 e. The molecule has 26 heavy (non-hydrogen) atoms. The second-order valence-electron chi connectivity index (χ2n) is 6.25. The topological polar surface area (TPSA) is 74.6 Å². The molecule has 1 fully saturated rings. The lowest BCUT2D eigenvalue weighted by Crippen LogP contribution is -2.18. The van der Waals surface area contributed by atoms with E-state index in [1.165, 1.54) is 0 Å². The van der Waals surface area contributed by atoms with Crippen LogP contribution in [0.2, 0.25) is 0 Å². The zero-order valence-corrected chi connectivity index (χ0v) is 15.2. The van der Waals surface area contributed by atoms with Crippen molar-refractivity contribution >= 4 is 11.7 Å². The molecule has 2 aromatic rings. The zero-order chi connectivity index (χ0) is 18.4. The monoisotopic (exact) mass is 359 g/mol. The quantitative estimate of drug-likeness (QED) is 0.784. The second kappa shape index (κ2) is 8.71. The van der Waals surface area contributed by atoms with Gasteiger partial charge in [0.2, 0.25) is 5.91 Å². The fourth-order valence-electron chi connectivity index (χ4n) is 3.17. The summed E-state index contributed by atoms with van der Waals surface area (Å²) in [5, 5.41) is 7.25. The van der Waals surface area contributed by atoms with E-state index in [9.17, 15) is 4.79 Å². The molecule has 0 spiro atoms. The van der Waals surface area contributed by atoms with E-state index in [2.05, 4.69) is 10.4 Å². The van der Waals surface area contributed by atoms with E-state index in [1.807, 2.05) is 18.2 Å². The van der Waals surface area contributed by atoms with Gasteiger partial charge in [-0.1, -0.05) is 12.1 Å². The highest BCUT2D eigenvalue weighted by atomic mass is 16.5. The minimum atomic E-state index is -0.0279. The zero-order valence-electron chi connectivity index (χ0n) is 15.2. The third-order valence-corrected chi connectivity index (χ3v) is 4.51. The largest absolute Gasteiger partial charge is 0.493 e. The first-order valence-corrected chi connectivity index (χ1v) is 8.84. The molecule has 2 heterocycles. The van der Waals surface area contributed by atoms with Gasteiger partial charge in [-0.25, -0.2) is 4.68 Å². The van der Waals surface area contributed by atoms with Crippen LogP contribution in [0.1, 0.15) is 31.2 Å². The number of para-hydroxylation sites is 1. The van der Waals surface area contributed by atoms with E-state index in [4.69, 9.17) is 14.2 Å². The number of methoxy groups -OCH3 is 2. The van der Waals surface area contributed by atoms with Crippen LogP contribution in [0.3, 0.4) is 0 Å². The molecular weight excluding hydrogens is 334 g/mol. The number of ether oxygens (including phenoxy) is 3. The third kappa shape index (κ3) is 4.35. The van der Waals surface area contributed by atoms with E-state index in [1.54, 1.807) is 31.2 Å². The van der Waals surface area contributed by atoms with Gasteiger partial charge in [-0.3, -0.25) is 4.79 Å². The van der Waals surface area contributed by atoms with Crippen LogP contribution < -0.4 is 14.8 Å². The molecule has 1 aliphatic heterocycles. The predicted molar refractivity (Wildman–Crippen MR) is 97.7 cm³/mol. The third-order valence-electron chi connectivity index (χ3n) is 4.51. The van der Waals surface area contributed by atoms with Gasteiger partial charge in [-0.2, -0.15) is 5.10 Å². The van der Waals surface area contributed by atoms with Gasteiger partial charge in [-0.05, 0) is 25.3 Å². The Balaban J connectivity index is 1.64. The van der Waals surface area contributed by atoms with Gasteiger partial charge in [0.15, 0.2) is 11.5 Å². The molecule has 0 aliphatic carbocycles. The van der Waals surface area contributed by atoms with Gasteiger partial charge in [0.1, 0.15) is 5.82 Å². The molecule has 0 unspecified atom stereocenters. The standard InChI is InChI=1S/C19H25N3O4/c1-24-16-7-3-5-14(19(16)25-2)13-22-17(10-11-20-22)21-18(23)9-8-15-6-4-12-26-15/h3,5,7,10-11,15H,4,6,8-9,12-13H2,1-2H3,(H,21,23)/t15-/m0/s1. The van der Waals surface area contributed by atoms with Crippen LogP contribution in [0.4, 0.5) is 5.82 Å². The first-order chi connectivity index (χ1) is 12.7. The molecule has 0 saturated carbocycles. The van der Waals surface area contributed by atoms with Crippen molar-refractivity contribution in [3.05, 3.63) is 36.0 Å². The number of benzene rings is 1. The molecule has 7 heteroatoms. The predicted octanol–water partition coefficient (Wildman–Crippen LogP) is 2.85. The summed E-state index contributed by atoms with van der Waals surface area (Å²) in [4.78, 5) is 12.2. The molecule has 1 aromatic carbocycles. The summed E-state index contributed by atoms with van der Waals surface area (Å²) in [6, 6.07) is 7.49. The Labute approximate surface area is 153 Å². The van der Waals surface area contributed by atoms with Crippen LogP contribution in [0.25, 0.3) is 0 Å². The number of nitrogens with zero attached hydrogens (tertiary/aromatic N) is 2. The first kappa shape index (κ1) is 18.3. The van der Waals surface area contributed by atoms with Gasteiger partial charge in [0, 0.05) is 24.7 Å². The Morgan fingerprint density at radius 2 is 2.23 bits per heavy atom. The SMILES string of the molecule is COc1cccc(Cn2nccc2NC(=O)CC[C@@H]2CCCO2)c1OC. The number of amides is 1. The molecule has 1 atom stereocenters. The fourth-order valence-corrected chi connectivity index (χ4v) is 3.17. The minimum absolute atomic E-state index is 0.0279. The van der Waals surface area contributed by atoms with Crippen molar-refractivity contribution in [1.29, 1.82) is 0 Å². The number of carbonyl (C=O) groups excluding carboxylic acids is 1. The summed E-state index contributed by atoms with van der Waals surface area (Å²) < 4.78 is 18.1. The maximum absolute atomic E-state index is 12.2. The van der Waals surface area contributed by atoms with E-state index in [-0.39, 0.29) is 12.0 Å². The van der Waals surface area contributed by atoms with Crippen molar-refractivity contribution in [2.75, 3.05) is 26.1 Å². The van der Waals surface area contributed by atoms with Crippen LogP contribution in [-0.4, -0.2) is 42.6 Å². The highest BCUT2D eigenvalue weighted by molar-refractivity contribution is 5.89. The molecule has 1 aliphatic rings. The van der Waals surface area contributed by atoms with Crippen LogP contribution in [0.5, 0.6) is 11.5 Å². The maximum Gasteiger partial charge on any atom is 0.225 e. The number of hydrogen-bond donors (Lipinski definition) is 1. The molecule has 0 radical (unpaired) electrons. The van der Waals surface area contributed by atoms with Crippen molar-refractivity contribution in [3.63, 3.8) is 0 Å². The van der Waals surface area contributed by atoms with Gasteiger partial charge >= 0.3 is 0 Å². The van der Waals surface area contributed by atoms with Crippen molar-refractivity contribution in [3.8, 4) is 11.5 Å². The Bertz CT molecular complexity index is 738. The number of rotatable bonds is 8. The maximum atomic E-state index is 12.2. The lowest BCUT2D eigenvalue weighted by molar-refractivity contribution is -0.116. The Morgan fingerprint density at radius 1 is 1.35 bits per heavy atom. The number of hydrogen-bond acceptors (Lipinski definition) is 5. The molecule has 1 N–H and O–H groups in total. The highest BCUT2D eigenvalue weighted by Crippen LogP contribution is 2.31. The van der Waals surface area contributed by atoms with Crippen molar-refractivity contribution < 1.29 is 19.0 Å². The summed E-state index contributed by atoms with van der Waals surface area (Å²) in [5.41, 5.74) is 0.922. The number of aromatic nitrogens is 2. The number of nitrogens with one attached hydrogen (secondary N) is 1. The lowest BCUT2D eigenvalue weighted by atomic mass is 10.1. The highest BCUT2D eigenvalue weighted by Gasteiger charge is 2.18. The Hall–Kier alpha value is -2.54. The summed E-state index contributed by atoms with van der Waals surface area (Å²) in [6.45, 7) is 1.27. The minimum Gasteiger partial charge on any atom is -0.493 e. The molecule has 1 saturated heterocycles. The van der Waals surface area contributed by atoms with Crippen LogP contribution in [0.15, 0.2) is 30.5 Å². The van der Waals surface area contributed by atoms with Crippen LogP contribution in [-0.2, 0) is 16.1 Å². The number of anilines is 1. The average molecular weight is 359 g/mol. The molecule has 7 nitrogen and oxygen atoms in total. The Kier molecular flexibility index (Phi) is 6.12. The summed E-state index contributed by atoms with van der Waals surface area (Å²) in [5.74, 6) is 1.97. The van der Waals surface area contributed by atoms with Gasteiger partial charge in [-0.15, -0.1) is 0 Å². The number of carbonyl (C=O) groups is 1. The van der Waals surface area contributed by atoms with Crippen molar-refractivity contribution in [1.82, 2.24) is 9.78 Å². The summed E-state index contributed by atoms with van der Waals surface area (Å²) in [7, 11) is 3.22. The summed E-state index contributed by atoms with van der Waals surface area (Å²) >= 11 is 0. The fraction of sp³-hybridized carbons (Fsp3) is 0.474. The molecule has 0 bridgehead atoms. The molecule has 1 amide bonds. The van der Waals surface area contributed by atoms with Gasteiger partial charge in [0.25, 0.3) is 0 Å². The normalized spacial score (nSPS) is 16.5. The van der Waals surface area contributed by atoms with Crippen LogP contribution >= 0.6 is 0 Å². The van der Waals surface area contributed by atoms with Crippen molar-refractivity contribution in [2.24, 2.45) is 0 Å². The average Bonchev–Trinajstić information content (AvgIpc) is 3.32. The van der Waals surface area contributed by atoms with Gasteiger partial charge < -0.3 is 19.5 Å². The van der Waals surface area contributed by atoms with Gasteiger partial charge in [0.05, 0.1) is 33.1 Å². The van der Waals surface area contributed by atoms with Crippen molar-refractivity contribution in [2.45, 2.75) is 38.3 Å². The summed E-state index contributed by atoms with van der Waals surface area (Å²) in [6.07, 6.45) is 5.21. The van der Waals surface area contributed by atoms with E-state index in [0.717, 1.165) is 31.4 Å². The molecule has 1 aromatic heterocycles. The first-order valence-electron chi connectivity index (χ1n) is 8.84. The van der Waals surface area contributed by atoms with Crippen LogP contribution in [0, 0.1) is 0 Å². The molecular formula is C19H25N3O4. The lowest BCUT2D eigenvalue weighted by Gasteiger charge is -2.14. The molecule has 140 valence electrons. The Morgan fingerprint density at radius 3 is 2.96 bits per heavy atom. The van der Waals surface area contributed by atoms with E-state index < -0.39 is 0 Å². The van der Waals surface area contributed by atoms with E-state index in [0.29, 0.717) is 30.3 Å². The molecule has 3 rings (SSSR count).